The topological polar surface area (TPSA) is 86.3 Å². The van der Waals surface area contributed by atoms with Crippen LogP contribution in [0.5, 0.6) is 5.75 Å². The summed E-state index contributed by atoms with van der Waals surface area (Å²) in [5, 5.41) is 0. The average Bonchev–Trinajstić information content (AvgIpc) is 3.61. The average molecular weight is 570 g/mol. The molecule has 0 radical (unpaired) electrons. The van der Waals surface area contributed by atoms with Crippen LogP contribution in [0.25, 0.3) is 11.8 Å². The van der Waals surface area contributed by atoms with E-state index in [1.807, 2.05) is 66.7 Å². The van der Waals surface area contributed by atoms with Gasteiger partial charge in [0.15, 0.2) is 10.7 Å². The van der Waals surface area contributed by atoms with Crippen LogP contribution in [-0.4, -0.2) is 37.3 Å². The maximum Gasteiger partial charge on any atom is 0.338 e. The molecule has 4 heterocycles. The number of nitrogens with zero attached hydrogens (tertiary/aromatic N) is 3. The van der Waals surface area contributed by atoms with Crippen LogP contribution < -0.4 is 24.5 Å². The van der Waals surface area contributed by atoms with Crippen molar-refractivity contribution >= 4 is 35.0 Å². The Labute approximate surface area is 241 Å². The number of carbonyl (C=O) groups is 1. The fraction of sp³-hybridized carbons (Fsp3) is 0.281. The molecule has 1 atom stereocenters. The summed E-state index contributed by atoms with van der Waals surface area (Å²) >= 11 is 1.27. The highest BCUT2D eigenvalue weighted by atomic mass is 32.1. The zero-order valence-electron chi connectivity index (χ0n) is 23.0. The molecule has 8 nitrogen and oxygen atoms in total. The third-order valence-corrected chi connectivity index (χ3v) is 8.32. The van der Waals surface area contributed by atoms with E-state index < -0.39 is 12.0 Å². The third-order valence-electron chi connectivity index (χ3n) is 7.34. The lowest BCUT2D eigenvalue weighted by Crippen LogP contribution is -2.40. The monoisotopic (exact) mass is 569 g/mol. The van der Waals surface area contributed by atoms with Crippen LogP contribution in [0.2, 0.25) is 0 Å². The zero-order valence-corrected chi connectivity index (χ0v) is 23.9. The Kier molecular flexibility index (Phi) is 7.61. The Morgan fingerprint density at radius 2 is 1.88 bits per heavy atom. The Hall–Kier alpha value is -4.37. The van der Waals surface area contributed by atoms with Crippen molar-refractivity contribution in [3.8, 4) is 5.75 Å². The summed E-state index contributed by atoms with van der Waals surface area (Å²) in [6, 6.07) is 20.0. The first-order chi connectivity index (χ1) is 20.1. The number of benzene rings is 2. The molecular weight excluding hydrogens is 538 g/mol. The number of carbonyl (C=O) groups excluding carboxylic acids is 1. The number of hydrogen-bond donors (Lipinski definition) is 0. The Bertz CT molecular complexity index is 1780. The molecule has 2 aliphatic heterocycles. The van der Waals surface area contributed by atoms with Crippen molar-refractivity contribution in [3.05, 3.63) is 109 Å². The van der Waals surface area contributed by atoms with Gasteiger partial charge in [0.25, 0.3) is 5.56 Å². The van der Waals surface area contributed by atoms with E-state index in [4.69, 9.17) is 18.9 Å². The fourth-order valence-corrected chi connectivity index (χ4v) is 6.38. The SMILES string of the molecule is CCOC(=O)C1=C(c2ccccc2)N=c2s/c(=C\c3ccc(N4CCCCC4)o3)c(=O)n2[C@H]1c1cccc(OC)c1. The summed E-state index contributed by atoms with van der Waals surface area (Å²) in [5.74, 6) is 1.51. The van der Waals surface area contributed by atoms with Crippen molar-refractivity contribution in [1.29, 1.82) is 0 Å². The molecule has 4 aromatic rings. The van der Waals surface area contributed by atoms with Crippen LogP contribution in [0.3, 0.4) is 0 Å². The first-order valence-corrected chi connectivity index (χ1v) is 14.7. The number of aromatic nitrogens is 1. The first-order valence-electron chi connectivity index (χ1n) is 13.8. The smallest absolute Gasteiger partial charge is 0.338 e. The van der Waals surface area contributed by atoms with Crippen LogP contribution in [0.15, 0.2) is 86.5 Å². The van der Waals surface area contributed by atoms with E-state index in [9.17, 15) is 9.59 Å². The van der Waals surface area contributed by atoms with E-state index in [0.29, 0.717) is 37.7 Å². The van der Waals surface area contributed by atoms with Crippen molar-refractivity contribution in [2.24, 2.45) is 4.99 Å². The molecule has 2 aromatic heterocycles. The molecule has 210 valence electrons. The van der Waals surface area contributed by atoms with Gasteiger partial charge in [-0.15, -0.1) is 0 Å². The van der Waals surface area contributed by atoms with Gasteiger partial charge in [-0.2, -0.15) is 0 Å². The summed E-state index contributed by atoms with van der Waals surface area (Å²) in [6.07, 6.45) is 5.28. The normalized spacial score (nSPS) is 17.3. The van der Waals surface area contributed by atoms with E-state index in [2.05, 4.69) is 4.90 Å². The number of fused-ring (bicyclic) bond motifs is 1. The minimum atomic E-state index is -0.765. The number of rotatable bonds is 7. The molecule has 2 aromatic carbocycles. The van der Waals surface area contributed by atoms with Gasteiger partial charge in [0.2, 0.25) is 0 Å². The van der Waals surface area contributed by atoms with E-state index in [0.717, 1.165) is 37.4 Å². The Morgan fingerprint density at radius 1 is 1.07 bits per heavy atom. The second-order valence-electron chi connectivity index (χ2n) is 9.93. The molecule has 0 amide bonds. The third kappa shape index (κ3) is 5.25. The molecule has 1 fully saturated rings. The van der Waals surface area contributed by atoms with Gasteiger partial charge < -0.3 is 18.8 Å². The van der Waals surface area contributed by atoms with Crippen LogP contribution in [0.1, 0.15) is 49.1 Å². The van der Waals surface area contributed by atoms with Gasteiger partial charge in [-0.3, -0.25) is 9.36 Å². The van der Waals surface area contributed by atoms with Crippen molar-refractivity contribution < 1.29 is 18.7 Å². The minimum absolute atomic E-state index is 0.192. The Morgan fingerprint density at radius 3 is 2.63 bits per heavy atom. The molecule has 9 heteroatoms. The van der Waals surface area contributed by atoms with Gasteiger partial charge in [0, 0.05) is 30.8 Å². The highest BCUT2D eigenvalue weighted by Gasteiger charge is 2.35. The molecule has 6 rings (SSSR count). The molecule has 41 heavy (non-hydrogen) atoms. The number of hydrogen-bond acceptors (Lipinski definition) is 8. The quantitative estimate of drug-likeness (QED) is 0.304. The molecule has 0 N–H and O–H groups in total. The zero-order chi connectivity index (χ0) is 28.3. The number of methoxy groups -OCH3 is 1. The number of anilines is 1. The molecule has 0 unspecified atom stereocenters. The summed E-state index contributed by atoms with van der Waals surface area (Å²) in [5.41, 5.74) is 2.00. The summed E-state index contributed by atoms with van der Waals surface area (Å²) in [7, 11) is 1.59. The number of furan rings is 1. The van der Waals surface area contributed by atoms with Crippen LogP contribution >= 0.6 is 11.3 Å². The Balaban J connectivity index is 1.55. The van der Waals surface area contributed by atoms with Gasteiger partial charge in [-0.1, -0.05) is 53.8 Å². The molecule has 0 saturated carbocycles. The van der Waals surface area contributed by atoms with Gasteiger partial charge >= 0.3 is 5.97 Å². The number of ether oxygens (including phenoxy) is 2. The molecule has 1 saturated heterocycles. The molecule has 0 spiro atoms. The maximum absolute atomic E-state index is 14.1. The largest absolute Gasteiger partial charge is 0.497 e. The van der Waals surface area contributed by atoms with E-state index in [-0.39, 0.29) is 12.2 Å². The van der Waals surface area contributed by atoms with Gasteiger partial charge in [0.1, 0.15) is 11.5 Å². The predicted octanol–water partition coefficient (Wildman–Crippen LogP) is 4.53. The number of esters is 1. The summed E-state index contributed by atoms with van der Waals surface area (Å²) in [6.45, 7) is 3.89. The lowest BCUT2D eigenvalue weighted by molar-refractivity contribution is -0.138. The van der Waals surface area contributed by atoms with Gasteiger partial charge in [0.05, 0.1) is 35.6 Å². The van der Waals surface area contributed by atoms with E-state index in [1.165, 1.54) is 17.8 Å². The van der Waals surface area contributed by atoms with Gasteiger partial charge in [-0.05, 0) is 49.9 Å². The van der Waals surface area contributed by atoms with Gasteiger partial charge in [-0.25, -0.2) is 9.79 Å². The van der Waals surface area contributed by atoms with E-state index in [1.54, 1.807) is 24.7 Å². The second kappa shape index (κ2) is 11.6. The highest BCUT2D eigenvalue weighted by molar-refractivity contribution is 7.07. The molecule has 0 bridgehead atoms. The van der Waals surface area contributed by atoms with Crippen LogP contribution in [-0.2, 0) is 9.53 Å². The summed E-state index contributed by atoms with van der Waals surface area (Å²) in [4.78, 5) is 35.3. The lowest BCUT2D eigenvalue weighted by Gasteiger charge is -2.26. The highest BCUT2D eigenvalue weighted by Crippen LogP contribution is 2.36. The molecule has 0 aliphatic carbocycles. The molecular formula is C32H31N3O5S. The second-order valence-corrected chi connectivity index (χ2v) is 10.9. The van der Waals surface area contributed by atoms with Crippen molar-refractivity contribution in [3.63, 3.8) is 0 Å². The van der Waals surface area contributed by atoms with Crippen LogP contribution in [0.4, 0.5) is 5.88 Å². The lowest BCUT2D eigenvalue weighted by atomic mass is 9.93. The van der Waals surface area contributed by atoms with Crippen LogP contribution in [0, 0.1) is 0 Å². The number of thiazole rings is 1. The minimum Gasteiger partial charge on any atom is -0.497 e. The number of piperidine rings is 1. The van der Waals surface area contributed by atoms with Crippen molar-refractivity contribution in [2.45, 2.75) is 32.2 Å². The first kappa shape index (κ1) is 26.8. The predicted molar refractivity (Wildman–Crippen MR) is 159 cm³/mol. The van der Waals surface area contributed by atoms with Crippen molar-refractivity contribution in [2.75, 3.05) is 31.7 Å². The molecule has 2 aliphatic rings. The maximum atomic E-state index is 14.1. The van der Waals surface area contributed by atoms with Crippen molar-refractivity contribution in [1.82, 2.24) is 4.57 Å². The van der Waals surface area contributed by atoms with E-state index >= 15 is 0 Å². The standard InChI is InChI=1S/C32H31N3O5S/c1-3-39-31(37)27-28(21-11-6-4-7-12-21)33-32-35(29(27)22-13-10-14-23(19-22)38-2)30(36)25(41-32)20-24-15-16-26(40-24)34-17-8-5-9-18-34/h4,6-7,10-16,19-20,29H,3,5,8-9,17-18H2,1-2H3/b25-20-/t29-/m0/s1. The fourth-order valence-electron chi connectivity index (χ4n) is 5.40. The summed E-state index contributed by atoms with van der Waals surface area (Å²) < 4.78 is 19.2.